The van der Waals surface area contributed by atoms with Crippen LogP contribution in [0.1, 0.15) is 54.9 Å². The standard InChI is InChI=1S/C18H28N4O/c1-5-20-12-7-6-8-15(3)21-18(23)17-10-9-14(2)16(22-17)11-13-19-4/h9-11,13,15,20H,4-8,12H2,1-3H3,(H,21,23)/b13-11-/t15-/m0/s1. The van der Waals surface area contributed by atoms with Crippen LogP contribution in [0.5, 0.6) is 0 Å². The number of aryl methyl sites for hydroxylation is 1. The molecule has 0 aromatic carbocycles. The molecule has 0 saturated carbocycles. The van der Waals surface area contributed by atoms with Crippen LogP contribution in [0.4, 0.5) is 0 Å². The average Bonchev–Trinajstić information content (AvgIpc) is 2.53. The molecule has 1 aromatic heterocycles. The van der Waals surface area contributed by atoms with Crippen LogP contribution >= 0.6 is 0 Å². The van der Waals surface area contributed by atoms with Crippen LogP contribution in [0, 0.1) is 6.92 Å². The van der Waals surface area contributed by atoms with Crippen molar-refractivity contribution in [2.75, 3.05) is 13.1 Å². The lowest BCUT2D eigenvalue weighted by atomic mass is 10.1. The quantitative estimate of drug-likeness (QED) is 0.515. The number of hydrogen-bond acceptors (Lipinski definition) is 4. The van der Waals surface area contributed by atoms with Gasteiger partial charge in [-0.25, -0.2) is 4.98 Å². The third kappa shape index (κ3) is 7.19. The van der Waals surface area contributed by atoms with Crippen molar-refractivity contribution in [1.29, 1.82) is 0 Å². The molecule has 126 valence electrons. The van der Waals surface area contributed by atoms with Gasteiger partial charge in [0, 0.05) is 12.2 Å². The SMILES string of the molecule is C=N/C=C\c1nc(C(=O)N[C@@H](C)CCCCNCC)ccc1C. The van der Waals surface area contributed by atoms with Crippen molar-refractivity contribution in [2.24, 2.45) is 4.99 Å². The summed E-state index contributed by atoms with van der Waals surface area (Å²) in [7, 11) is 0. The fraction of sp³-hybridized carbons (Fsp3) is 0.500. The largest absolute Gasteiger partial charge is 0.348 e. The topological polar surface area (TPSA) is 66.4 Å². The monoisotopic (exact) mass is 316 g/mol. The maximum absolute atomic E-state index is 12.3. The van der Waals surface area contributed by atoms with Gasteiger partial charge >= 0.3 is 0 Å². The van der Waals surface area contributed by atoms with Gasteiger partial charge in [-0.2, -0.15) is 0 Å². The van der Waals surface area contributed by atoms with Gasteiger partial charge in [0.1, 0.15) is 5.69 Å². The number of aliphatic imine (C=N–C) groups is 1. The van der Waals surface area contributed by atoms with Gasteiger partial charge in [0.25, 0.3) is 5.91 Å². The third-order valence-electron chi connectivity index (χ3n) is 3.57. The number of pyridine rings is 1. The Kier molecular flexibility index (Phi) is 8.83. The van der Waals surface area contributed by atoms with Crippen molar-refractivity contribution >= 4 is 18.7 Å². The first-order chi connectivity index (χ1) is 11.1. The van der Waals surface area contributed by atoms with E-state index in [0.717, 1.165) is 43.6 Å². The molecule has 1 heterocycles. The normalized spacial score (nSPS) is 12.3. The molecule has 2 N–H and O–H groups in total. The summed E-state index contributed by atoms with van der Waals surface area (Å²) in [5.74, 6) is -0.134. The minimum absolute atomic E-state index is 0.134. The molecule has 23 heavy (non-hydrogen) atoms. The molecule has 0 saturated heterocycles. The van der Waals surface area contributed by atoms with Gasteiger partial charge in [0.05, 0.1) is 5.69 Å². The van der Waals surface area contributed by atoms with Crippen LogP contribution in [0.3, 0.4) is 0 Å². The summed E-state index contributed by atoms with van der Waals surface area (Å²) < 4.78 is 0. The molecule has 0 aliphatic rings. The van der Waals surface area contributed by atoms with Crippen LogP contribution in [0.25, 0.3) is 6.08 Å². The Morgan fingerprint density at radius 2 is 2.22 bits per heavy atom. The molecule has 0 bridgehead atoms. The summed E-state index contributed by atoms with van der Waals surface area (Å²) in [6.45, 7) is 11.5. The van der Waals surface area contributed by atoms with Crippen molar-refractivity contribution in [3.05, 3.63) is 35.3 Å². The molecule has 5 heteroatoms. The Bertz CT molecular complexity index is 540. The molecule has 0 aliphatic carbocycles. The summed E-state index contributed by atoms with van der Waals surface area (Å²) in [6, 6.07) is 3.79. The Balaban J connectivity index is 2.53. The summed E-state index contributed by atoms with van der Waals surface area (Å²) >= 11 is 0. The van der Waals surface area contributed by atoms with Crippen molar-refractivity contribution in [3.63, 3.8) is 0 Å². The van der Waals surface area contributed by atoms with Crippen LogP contribution in [-0.2, 0) is 0 Å². The summed E-state index contributed by atoms with van der Waals surface area (Å²) in [4.78, 5) is 20.3. The zero-order chi connectivity index (χ0) is 17.1. The van der Waals surface area contributed by atoms with Gasteiger partial charge in [-0.3, -0.25) is 9.79 Å². The third-order valence-corrected chi connectivity index (χ3v) is 3.57. The molecule has 0 unspecified atom stereocenters. The number of nitrogens with zero attached hydrogens (tertiary/aromatic N) is 2. The number of carbonyl (C=O) groups is 1. The molecule has 5 nitrogen and oxygen atoms in total. The average molecular weight is 316 g/mol. The maximum Gasteiger partial charge on any atom is 0.270 e. The number of carbonyl (C=O) groups excluding carboxylic acids is 1. The fourth-order valence-electron chi connectivity index (χ4n) is 2.21. The highest BCUT2D eigenvalue weighted by Gasteiger charge is 2.12. The number of aromatic nitrogens is 1. The van der Waals surface area contributed by atoms with Crippen molar-refractivity contribution < 1.29 is 4.79 Å². The molecular weight excluding hydrogens is 288 g/mol. The minimum atomic E-state index is -0.134. The van der Waals surface area contributed by atoms with E-state index in [1.165, 1.54) is 0 Å². The van der Waals surface area contributed by atoms with E-state index < -0.39 is 0 Å². The molecule has 1 aromatic rings. The van der Waals surface area contributed by atoms with E-state index in [-0.39, 0.29) is 11.9 Å². The second kappa shape index (κ2) is 10.7. The first-order valence-electron chi connectivity index (χ1n) is 8.20. The number of unbranched alkanes of at least 4 members (excludes halogenated alkanes) is 1. The van der Waals surface area contributed by atoms with Gasteiger partial charge in [-0.05, 0) is 64.2 Å². The lowest BCUT2D eigenvalue weighted by Gasteiger charge is -2.14. The van der Waals surface area contributed by atoms with E-state index in [1.807, 2.05) is 19.9 Å². The number of amides is 1. The summed E-state index contributed by atoms with van der Waals surface area (Å²) in [6.07, 6.45) is 6.51. The zero-order valence-electron chi connectivity index (χ0n) is 14.4. The van der Waals surface area contributed by atoms with Crippen LogP contribution < -0.4 is 10.6 Å². The Morgan fingerprint density at radius 3 is 2.91 bits per heavy atom. The first-order valence-corrected chi connectivity index (χ1v) is 8.20. The van der Waals surface area contributed by atoms with E-state index in [9.17, 15) is 4.79 Å². The lowest BCUT2D eigenvalue weighted by molar-refractivity contribution is 0.0933. The van der Waals surface area contributed by atoms with E-state index in [4.69, 9.17) is 0 Å². The highest BCUT2D eigenvalue weighted by atomic mass is 16.1. The number of nitrogens with one attached hydrogen (secondary N) is 2. The van der Waals surface area contributed by atoms with Crippen LogP contribution in [0.15, 0.2) is 23.3 Å². The molecule has 0 aliphatic heterocycles. The Morgan fingerprint density at radius 1 is 1.43 bits per heavy atom. The van der Waals surface area contributed by atoms with E-state index in [1.54, 1.807) is 18.3 Å². The Labute approximate surface area is 139 Å². The van der Waals surface area contributed by atoms with Gasteiger partial charge < -0.3 is 10.6 Å². The van der Waals surface area contributed by atoms with Crippen molar-refractivity contribution in [1.82, 2.24) is 15.6 Å². The first kappa shape index (κ1) is 19.0. The van der Waals surface area contributed by atoms with E-state index in [2.05, 4.69) is 34.3 Å². The number of rotatable bonds is 10. The summed E-state index contributed by atoms with van der Waals surface area (Å²) in [5.41, 5.74) is 2.17. The fourth-order valence-corrected chi connectivity index (χ4v) is 2.21. The molecule has 0 spiro atoms. The number of hydrogen-bond donors (Lipinski definition) is 2. The van der Waals surface area contributed by atoms with E-state index in [0.29, 0.717) is 5.69 Å². The lowest BCUT2D eigenvalue weighted by Crippen LogP contribution is -2.33. The predicted octanol–water partition coefficient (Wildman–Crippen LogP) is 2.96. The van der Waals surface area contributed by atoms with Crippen LogP contribution in [0.2, 0.25) is 0 Å². The molecule has 0 fully saturated rings. The highest BCUT2D eigenvalue weighted by molar-refractivity contribution is 5.92. The van der Waals surface area contributed by atoms with Gasteiger partial charge in [0.2, 0.25) is 0 Å². The minimum Gasteiger partial charge on any atom is -0.348 e. The van der Waals surface area contributed by atoms with Gasteiger partial charge in [-0.15, -0.1) is 0 Å². The van der Waals surface area contributed by atoms with Crippen molar-refractivity contribution in [3.8, 4) is 0 Å². The second-order valence-corrected chi connectivity index (χ2v) is 5.62. The summed E-state index contributed by atoms with van der Waals surface area (Å²) in [5, 5.41) is 6.31. The molecule has 1 atom stereocenters. The van der Waals surface area contributed by atoms with Gasteiger partial charge in [-0.1, -0.05) is 19.4 Å². The highest BCUT2D eigenvalue weighted by Crippen LogP contribution is 2.09. The van der Waals surface area contributed by atoms with Gasteiger partial charge in [0.15, 0.2) is 0 Å². The van der Waals surface area contributed by atoms with Crippen LogP contribution in [-0.4, -0.2) is 36.7 Å². The zero-order valence-corrected chi connectivity index (χ0v) is 14.4. The maximum atomic E-state index is 12.3. The molecular formula is C18H28N4O. The van der Waals surface area contributed by atoms with E-state index >= 15 is 0 Å². The molecule has 1 rings (SSSR count). The predicted molar refractivity (Wildman–Crippen MR) is 96.9 cm³/mol. The molecule has 1 amide bonds. The molecule has 0 radical (unpaired) electrons. The Hall–Kier alpha value is -2.01. The smallest absolute Gasteiger partial charge is 0.270 e. The van der Waals surface area contributed by atoms with Crippen molar-refractivity contribution in [2.45, 2.75) is 46.1 Å². The second-order valence-electron chi connectivity index (χ2n) is 5.62.